The second kappa shape index (κ2) is 5.75. The van der Waals surface area contributed by atoms with Gasteiger partial charge in [0.2, 0.25) is 0 Å². The minimum atomic E-state index is -0.988. The molecule has 0 radical (unpaired) electrons. The van der Waals surface area contributed by atoms with Crippen molar-refractivity contribution in [2.24, 2.45) is 0 Å². The number of hydrogen-bond acceptors (Lipinski definition) is 4. The van der Waals surface area contributed by atoms with Crippen LogP contribution in [0.1, 0.15) is 60.7 Å². The molecule has 1 aromatic heterocycles. The van der Waals surface area contributed by atoms with Gasteiger partial charge >= 0.3 is 6.09 Å². The smallest absolute Gasteiger partial charge is 0.404 e. The van der Waals surface area contributed by atoms with Crippen molar-refractivity contribution in [2.75, 3.05) is 0 Å². The molecule has 1 heterocycles. The van der Waals surface area contributed by atoms with Crippen LogP contribution in [0, 0.1) is 0 Å². The van der Waals surface area contributed by atoms with Gasteiger partial charge in [0.05, 0.1) is 0 Å². The number of rotatable bonds is 4. The lowest BCUT2D eigenvalue weighted by atomic mass is 9.91. The zero-order chi connectivity index (χ0) is 14.8. The molecule has 7 heteroatoms. The summed E-state index contributed by atoms with van der Waals surface area (Å²) < 4.78 is 5.17. The Morgan fingerprint density at radius 3 is 2.29 bits per heavy atom. The monoisotopic (exact) mass is 293 g/mol. The number of aromatic nitrogens is 1. The van der Waals surface area contributed by atoms with Gasteiger partial charge in [-0.25, -0.2) is 4.79 Å². The molecule has 2 aliphatic carbocycles. The van der Waals surface area contributed by atoms with Gasteiger partial charge in [-0.05, 0) is 38.5 Å². The highest BCUT2D eigenvalue weighted by atomic mass is 16.5. The van der Waals surface area contributed by atoms with Crippen LogP contribution in [-0.2, 0) is 0 Å². The number of nitrogens with one attached hydrogen (secondary N) is 2. The standard InChI is InChI=1S/C14H19N3O4/c18-13(11-7-12(21-17-11)8-1-2-8)15-9-3-5-10(6-4-9)16-14(19)20/h7-10,16H,1-6H2,(H,15,18)(H,19,20)/t9-,10-. The molecule has 2 amide bonds. The fraction of sp³-hybridized carbons (Fsp3) is 0.643. The maximum absolute atomic E-state index is 12.1. The second-order valence-electron chi connectivity index (χ2n) is 5.86. The van der Waals surface area contributed by atoms with Crippen LogP contribution in [0.3, 0.4) is 0 Å². The SMILES string of the molecule is O=C(O)N[C@H]1CC[C@H](NC(=O)c2cc(C3CC3)on2)CC1. The van der Waals surface area contributed by atoms with Crippen LogP contribution in [0.25, 0.3) is 0 Å². The number of carboxylic acid groups (broad SMARTS) is 1. The largest absolute Gasteiger partial charge is 0.465 e. The first-order valence-electron chi connectivity index (χ1n) is 7.39. The lowest BCUT2D eigenvalue weighted by Crippen LogP contribution is -2.43. The van der Waals surface area contributed by atoms with Crippen LogP contribution < -0.4 is 10.6 Å². The van der Waals surface area contributed by atoms with E-state index in [0.717, 1.165) is 44.3 Å². The molecule has 114 valence electrons. The summed E-state index contributed by atoms with van der Waals surface area (Å²) in [5.74, 6) is 1.03. The van der Waals surface area contributed by atoms with Crippen molar-refractivity contribution >= 4 is 12.0 Å². The maximum atomic E-state index is 12.1. The van der Waals surface area contributed by atoms with Gasteiger partial charge < -0.3 is 20.3 Å². The van der Waals surface area contributed by atoms with Crippen molar-refractivity contribution in [1.82, 2.24) is 15.8 Å². The van der Waals surface area contributed by atoms with Gasteiger partial charge in [0.1, 0.15) is 5.76 Å². The van der Waals surface area contributed by atoms with Crippen molar-refractivity contribution in [1.29, 1.82) is 0 Å². The van der Waals surface area contributed by atoms with Gasteiger partial charge in [0.25, 0.3) is 5.91 Å². The summed E-state index contributed by atoms with van der Waals surface area (Å²) in [5, 5.41) is 17.9. The van der Waals surface area contributed by atoms with E-state index in [0.29, 0.717) is 11.6 Å². The third kappa shape index (κ3) is 3.53. The Hall–Kier alpha value is -2.05. The highest BCUT2D eigenvalue weighted by Gasteiger charge is 2.29. The fourth-order valence-corrected chi connectivity index (χ4v) is 2.77. The summed E-state index contributed by atoms with van der Waals surface area (Å²) in [4.78, 5) is 22.7. The Kier molecular flexibility index (Phi) is 3.81. The van der Waals surface area contributed by atoms with E-state index in [1.54, 1.807) is 6.07 Å². The molecule has 2 aliphatic rings. The van der Waals surface area contributed by atoms with Crippen LogP contribution in [0.4, 0.5) is 4.79 Å². The Bertz CT molecular complexity index is 530. The van der Waals surface area contributed by atoms with E-state index in [1.807, 2.05) is 0 Å². The van der Waals surface area contributed by atoms with Crippen LogP contribution >= 0.6 is 0 Å². The average molecular weight is 293 g/mol. The summed E-state index contributed by atoms with van der Waals surface area (Å²) in [6.07, 6.45) is 4.24. The third-order valence-corrected chi connectivity index (χ3v) is 4.13. The van der Waals surface area contributed by atoms with Crippen LogP contribution in [0.5, 0.6) is 0 Å². The summed E-state index contributed by atoms with van der Waals surface area (Å²) in [5.41, 5.74) is 0.336. The van der Waals surface area contributed by atoms with Crippen LogP contribution in [0.15, 0.2) is 10.6 Å². The summed E-state index contributed by atoms with van der Waals surface area (Å²) in [6, 6.07) is 1.79. The lowest BCUT2D eigenvalue weighted by molar-refractivity contribution is 0.0914. The molecule has 1 aromatic rings. The molecule has 7 nitrogen and oxygen atoms in total. The van der Waals surface area contributed by atoms with E-state index in [4.69, 9.17) is 9.63 Å². The number of carbonyl (C=O) groups excluding carboxylic acids is 1. The van der Waals surface area contributed by atoms with Crippen molar-refractivity contribution in [3.05, 3.63) is 17.5 Å². The quantitative estimate of drug-likeness (QED) is 0.786. The average Bonchev–Trinajstić information content (AvgIpc) is 3.18. The van der Waals surface area contributed by atoms with Gasteiger partial charge in [-0.15, -0.1) is 0 Å². The molecule has 21 heavy (non-hydrogen) atoms. The Morgan fingerprint density at radius 1 is 1.10 bits per heavy atom. The van der Waals surface area contributed by atoms with Crippen molar-refractivity contribution in [3.8, 4) is 0 Å². The molecule has 3 N–H and O–H groups in total. The molecule has 3 rings (SSSR count). The van der Waals surface area contributed by atoms with E-state index in [9.17, 15) is 9.59 Å². The van der Waals surface area contributed by atoms with E-state index in [1.165, 1.54) is 0 Å². The molecule has 0 aliphatic heterocycles. The van der Waals surface area contributed by atoms with Crippen molar-refractivity contribution in [2.45, 2.75) is 56.5 Å². The highest BCUT2D eigenvalue weighted by Crippen LogP contribution is 2.40. The number of amides is 2. The van der Waals surface area contributed by atoms with Gasteiger partial charge in [0, 0.05) is 24.1 Å². The molecule has 0 saturated heterocycles. The van der Waals surface area contributed by atoms with Crippen LogP contribution in [0.2, 0.25) is 0 Å². The summed E-state index contributed by atoms with van der Waals surface area (Å²) in [7, 11) is 0. The first-order chi connectivity index (χ1) is 10.1. The molecule has 0 spiro atoms. The zero-order valence-corrected chi connectivity index (χ0v) is 11.7. The molecular formula is C14H19N3O4. The summed E-state index contributed by atoms with van der Waals surface area (Å²) in [6.45, 7) is 0. The van der Waals surface area contributed by atoms with E-state index in [-0.39, 0.29) is 18.0 Å². The van der Waals surface area contributed by atoms with E-state index >= 15 is 0 Å². The Morgan fingerprint density at radius 2 is 1.71 bits per heavy atom. The molecule has 2 saturated carbocycles. The molecule has 2 fully saturated rings. The molecule has 0 unspecified atom stereocenters. The number of carbonyl (C=O) groups is 2. The van der Waals surface area contributed by atoms with Crippen LogP contribution in [-0.4, -0.2) is 34.3 Å². The lowest BCUT2D eigenvalue weighted by Gasteiger charge is -2.28. The second-order valence-corrected chi connectivity index (χ2v) is 5.86. The molecule has 0 aromatic carbocycles. The van der Waals surface area contributed by atoms with E-state index < -0.39 is 6.09 Å². The predicted molar refractivity (Wildman–Crippen MR) is 73.1 cm³/mol. The first-order valence-corrected chi connectivity index (χ1v) is 7.39. The Labute approximate surface area is 122 Å². The van der Waals surface area contributed by atoms with Gasteiger partial charge in [-0.2, -0.15) is 0 Å². The van der Waals surface area contributed by atoms with E-state index in [2.05, 4.69) is 15.8 Å². The van der Waals surface area contributed by atoms with Gasteiger partial charge in [0.15, 0.2) is 5.69 Å². The van der Waals surface area contributed by atoms with Gasteiger partial charge in [-0.1, -0.05) is 5.16 Å². The normalized spacial score (nSPS) is 25.3. The van der Waals surface area contributed by atoms with Gasteiger partial charge in [-0.3, -0.25) is 4.79 Å². The predicted octanol–water partition coefficient (Wildman–Crippen LogP) is 1.86. The highest BCUT2D eigenvalue weighted by molar-refractivity contribution is 5.92. The minimum absolute atomic E-state index is 0.0100. The molecule has 0 atom stereocenters. The Balaban J connectivity index is 1.47. The number of nitrogens with zero attached hydrogens (tertiary/aromatic N) is 1. The van der Waals surface area contributed by atoms with Crippen molar-refractivity contribution < 1.29 is 19.2 Å². The summed E-state index contributed by atoms with van der Waals surface area (Å²) >= 11 is 0. The fourth-order valence-electron chi connectivity index (χ4n) is 2.77. The third-order valence-electron chi connectivity index (χ3n) is 4.13. The number of hydrogen-bond donors (Lipinski definition) is 3. The minimum Gasteiger partial charge on any atom is -0.465 e. The van der Waals surface area contributed by atoms with Crippen molar-refractivity contribution in [3.63, 3.8) is 0 Å². The molecule has 0 bridgehead atoms. The first kappa shape index (κ1) is 13.9. The topological polar surface area (TPSA) is 104 Å². The molecular weight excluding hydrogens is 274 g/mol. The zero-order valence-electron chi connectivity index (χ0n) is 11.7. The maximum Gasteiger partial charge on any atom is 0.404 e.